The van der Waals surface area contributed by atoms with Crippen LogP contribution in [0, 0.1) is 5.92 Å². The van der Waals surface area contributed by atoms with E-state index in [0.29, 0.717) is 5.56 Å². The summed E-state index contributed by atoms with van der Waals surface area (Å²) in [6.07, 6.45) is 3.79. The number of ketones is 1. The van der Waals surface area contributed by atoms with E-state index in [9.17, 15) is 22.7 Å². The number of hydrogen-bond acceptors (Lipinski definition) is 8. The molecule has 0 saturated heterocycles. The molecule has 3 aromatic rings. The highest BCUT2D eigenvalue weighted by atomic mass is 79.9. The average molecular weight is 596 g/mol. The van der Waals surface area contributed by atoms with Crippen LogP contribution in [0.4, 0.5) is 10.2 Å². The molecule has 1 saturated carbocycles. The molecule has 0 spiro atoms. The van der Waals surface area contributed by atoms with E-state index in [0.717, 1.165) is 16.5 Å². The minimum Gasteiger partial charge on any atom is -0.390 e. The van der Waals surface area contributed by atoms with Crippen molar-refractivity contribution in [3.8, 4) is 0 Å². The van der Waals surface area contributed by atoms with Crippen LogP contribution in [0.1, 0.15) is 47.3 Å². The maximum atomic E-state index is 14.8. The largest absolute Gasteiger partial charge is 0.390 e. The Hall–Kier alpha value is -2.71. The zero-order valence-electron chi connectivity index (χ0n) is 19.9. The molecule has 5 atom stereocenters. The Kier molecular flexibility index (Phi) is 8.39. The van der Waals surface area contributed by atoms with Gasteiger partial charge in [0.1, 0.15) is 18.3 Å². The highest BCUT2D eigenvalue weighted by Gasteiger charge is 2.44. The van der Waals surface area contributed by atoms with Crippen LogP contribution in [0.5, 0.6) is 0 Å². The number of benzene rings is 1. The first kappa shape index (κ1) is 27.3. The van der Waals surface area contributed by atoms with Crippen LogP contribution in [-0.4, -0.2) is 58.8 Å². The molecular weight excluding hydrogens is 569 g/mol. The van der Waals surface area contributed by atoms with Crippen LogP contribution in [0.25, 0.3) is 0 Å². The van der Waals surface area contributed by atoms with Crippen LogP contribution in [0.2, 0.25) is 0 Å². The number of rotatable bonds is 10. The second-order valence-corrected chi connectivity index (χ2v) is 11.0. The second-order valence-electron chi connectivity index (χ2n) is 8.90. The first-order valence-corrected chi connectivity index (χ1v) is 13.9. The van der Waals surface area contributed by atoms with E-state index < -0.39 is 41.1 Å². The van der Waals surface area contributed by atoms with E-state index >= 15 is 0 Å². The first-order valence-electron chi connectivity index (χ1n) is 11.6. The standard InChI is InChI=1S/C24H27BrFN5O5S/c1-2-20(14-4-3-5-17(25)8-14)31-7-6-15(11-31)22(32)18-10-28-13-29-24(18)30-19-9-16(23(33)21(19)26)12-36-37(27,34)35/h3-8,10-11,13,16,19-21,23,33H,2,9,12H2,1H3,(H2,27,34,35)(H,28,29,30)/t16-,19-,20-,21-,23-/m1/s1. The van der Waals surface area contributed by atoms with Gasteiger partial charge in [-0.25, -0.2) is 19.5 Å². The predicted octanol–water partition coefficient (Wildman–Crippen LogP) is 2.99. The number of nitrogens with one attached hydrogen (secondary N) is 1. The number of anilines is 1. The summed E-state index contributed by atoms with van der Waals surface area (Å²) in [7, 11) is -4.23. The van der Waals surface area contributed by atoms with E-state index in [2.05, 4.69) is 42.3 Å². The van der Waals surface area contributed by atoms with Gasteiger partial charge in [-0.05, 0) is 36.6 Å². The van der Waals surface area contributed by atoms with E-state index in [1.807, 2.05) is 35.0 Å². The number of alkyl halides is 1. The monoisotopic (exact) mass is 595 g/mol. The molecule has 1 aliphatic carbocycles. The molecule has 0 amide bonds. The number of carbonyl (C=O) groups is 1. The highest BCUT2D eigenvalue weighted by Crippen LogP contribution is 2.33. The molecule has 0 bridgehead atoms. The van der Waals surface area contributed by atoms with Gasteiger partial charge in [0.15, 0.2) is 5.78 Å². The van der Waals surface area contributed by atoms with E-state index in [1.54, 1.807) is 12.3 Å². The molecule has 2 heterocycles. The lowest BCUT2D eigenvalue weighted by Gasteiger charge is -2.18. The molecule has 0 aliphatic heterocycles. The Bertz CT molecular complexity index is 1370. The topological polar surface area (TPSA) is 149 Å². The Balaban J connectivity index is 1.52. The number of aromatic nitrogens is 3. The lowest BCUT2D eigenvalue weighted by atomic mass is 10.0. The van der Waals surface area contributed by atoms with Gasteiger partial charge in [-0.1, -0.05) is 35.0 Å². The summed E-state index contributed by atoms with van der Waals surface area (Å²) in [5, 5.41) is 17.9. The number of carbonyl (C=O) groups excluding carboxylic acids is 1. The van der Waals surface area contributed by atoms with Crippen molar-refractivity contribution in [2.24, 2.45) is 11.1 Å². The van der Waals surface area contributed by atoms with Crippen LogP contribution in [0.15, 0.2) is 59.7 Å². The number of hydrogen-bond donors (Lipinski definition) is 3. The van der Waals surface area contributed by atoms with Gasteiger partial charge in [0.2, 0.25) is 0 Å². The van der Waals surface area contributed by atoms with Crippen molar-refractivity contribution in [1.29, 1.82) is 0 Å². The Morgan fingerprint density at radius 2 is 2.19 bits per heavy atom. The van der Waals surface area contributed by atoms with Crippen molar-refractivity contribution in [1.82, 2.24) is 14.5 Å². The van der Waals surface area contributed by atoms with Gasteiger partial charge in [0.25, 0.3) is 0 Å². The number of nitrogens with two attached hydrogens (primary N) is 1. The van der Waals surface area contributed by atoms with Crippen molar-refractivity contribution in [3.05, 3.63) is 76.4 Å². The SMILES string of the molecule is CC[C@H](c1cccc(Br)c1)n1ccc(C(=O)c2cncnc2N[C@@H]2C[C@H](COS(N)(=O)=O)[C@@H](O)[C@@H]2F)c1. The number of nitrogens with zero attached hydrogens (tertiary/aromatic N) is 3. The third kappa shape index (κ3) is 6.41. The maximum absolute atomic E-state index is 14.8. The molecular formula is C24H27BrFN5O5S. The van der Waals surface area contributed by atoms with Crippen molar-refractivity contribution in [2.45, 2.75) is 44.1 Å². The lowest BCUT2D eigenvalue weighted by Crippen LogP contribution is -2.33. The molecule has 10 nitrogen and oxygen atoms in total. The first-order chi connectivity index (χ1) is 17.6. The van der Waals surface area contributed by atoms with E-state index in [-0.39, 0.29) is 29.6 Å². The second kappa shape index (κ2) is 11.4. The maximum Gasteiger partial charge on any atom is 0.333 e. The molecule has 2 aromatic heterocycles. The zero-order valence-corrected chi connectivity index (χ0v) is 22.3. The number of aliphatic hydroxyl groups is 1. The van der Waals surface area contributed by atoms with Gasteiger partial charge in [-0.15, -0.1) is 0 Å². The Morgan fingerprint density at radius 3 is 2.89 bits per heavy atom. The van der Waals surface area contributed by atoms with E-state index in [4.69, 9.17) is 5.14 Å². The Labute approximate surface area is 222 Å². The van der Waals surface area contributed by atoms with Crippen molar-refractivity contribution >= 4 is 37.8 Å². The van der Waals surface area contributed by atoms with Gasteiger partial charge in [-0.3, -0.25) is 8.98 Å². The summed E-state index contributed by atoms with van der Waals surface area (Å²) < 4.78 is 44.4. The molecule has 0 radical (unpaired) electrons. The minimum absolute atomic E-state index is 0.0208. The third-order valence-electron chi connectivity index (χ3n) is 6.43. The lowest BCUT2D eigenvalue weighted by molar-refractivity contribution is 0.0501. The highest BCUT2D eigenvalue weighted by molar-refractivity contribution is 9.10. The fourth-order valence-electron chi connectivity index (χ4n) is 4.60. The molecule has 4 rings (SSSR count). The van der Waals surface area contributed by atoms with Crippen LogP contribution >= 0.6 is 15.9 Å². The molecule has 37 heavy (non-hydrogen) atoms. The summed E-state index contributed by atoms with van der Waals surface area (Å²) in [6, 6.07) is 8.76. The smallest absolute Gasteiger partial charge is 0.333 e. The number of halogens is 2. The van der Waals surface area contributed by atoms with E-state index in [1.165, 1.54) is 12.5 Å². The van der Waals surface area contributed by atoms with Gasteiger partial charge in [0, 0.05) is 34.5 Å². The van der Waals surface area contributed by atoms with Crippen LogP contribution in [0.3, 0.4) is 0 Å². The summed E-state index contributed by atoms with van der Waals surface area (Å²) in [4.78, 5) is 21.5. The normalized spacial score (nSPS) is 22.6. The van der Waals surface area contributed by atoms with Gasteiger partial charge >= 0.3 is 10.3 Å². The molecule has 198 valence electrons. The zero-order chi connectivity index (χ0) is 26.7. The minimum atomic E-state index is -4.23. The average Bonchev–Trinajstić information content (AvgIpc) is 3.44. The Morgan fingerprint density at radius 1 is 1.41 bits per heavy atom. The number of aliphatic hydroxyl groups excluding tert-OH is 1. The molecule has 13 heteroatoms. The van der Waals surface area contributed by atoms with Gasteiger partial charge in [0.05, 0.1) is 30.4 Å². The molecule has 4 N–H and O–H groups in total. The van der Waals surface area contributed by atoms with Gasteiger partial charge < -0.3 is 15.0 Å². The molecule has 1 aliphatic rings. The summed E-state index contributed by atoms with van der Waals surface area (Å²) in [5.74, 6) is -1.06. The molecule has 1 fully saturated rings. The van der Waals surface area contributed by atoms with Crippen molar-refractivity contribution in [3.63, 3.8) is 0 Å². The fraction of sp³-hybridized carbons (Fsp3) is 0.375. The van der Waals surface area contributed by atoms with Gasteiger partial charge in [-0.2, -0.15) is 8.42 Å². The van der Waals surface area contributed by atoms with Crippen LogP contribution < -0.4 is 10.5 Å². The summed E-state index contributed by atoms with van der Waals surface area (Å²) in [5.41, 5.74) is 1.64. The third-order valence-corrected chi connectivity index (χ3v) is 7.39. The summed E-state index contributed by atoms with van der Waals surface area (Å²) in [6.45, 7) is 1.60. The molecule has 0 unspecified atom stereocenters. The summed E-state index contributed by atoms with van der Waals surface area (Å²) >= 11 is 3.50. The molecule has 1 aromatic carbocycles. The van der Waals surface area contributed by atoms with Crippen molar-refractivity contribution < 1.29 is 26.9 Å². The van der Waals surface area contributed by atoms with Crippen molar-refractivity contribution in [2.75, 3.05) is 11.9 Å². The quantitative estimate of drug-likeness (QED) is 0.303. The fourth-order valence-corrected chi connectivity index (χ4v) is 5.38. The predicted molar refractivity (Wildman–Crippen MR) is 138 cm³/mol. The van der Waals surface area contributed by atoms with Crippen LogP contribution in [-0.2, 0) is 14.5 Å².